The quantitative estimate of drug-likeness (QED) is 0.153. The summed E-state index contributed by atoms with van der Waals surface area (Å²) in [5.41, 5.74) is 19.8. The molecule has 11 aromatic rings. The molecule has 64 heavy (non-hydrogen) atoms. The maximum atomic E-state index is 3.90. The van der Waals surface area contributed by atoms with Crippen molar-refractivity contribution in [3.63, 3.8) is 0 Å². The van der Waals surface area contributed by atoms with Crippen LogP contribution in [-0.4, -0.2) is 7.28 Å². The average Bonchev–Trinajstić information content (AvgIpc) is 3.75. The van der Waals surface area contributed by atoms with Crippen LogP contribution in [0.25, 0.3) is 75.8 Å². The number of hydrogen-bond donors (Lipinski definition) is 1. The lowest BCUT2D eigenvalue weighted by Gasteiger charge is -2.36. The van der Waals surface area contributed by atoms with Crippen molar-refractivity contribution in [3.8, 4) is 55.6 Å². The summed E-state index contributed by atoms with van der Waals surface area (Å²) in [6.07, 6.45) is 0. The summed E-state index contributed by atoms with van der Waals surface area (Å²) < 4.78 is 2.53. The van der Waals surface area contributed by atoms with Crippen LogP contribution in [-0.2, 0) is 0 Å². The van der Waals surface area contributed by atoms with Crippen molar-refractivity contribution in [2.45, 2.75) is 0 Å². The van der Waals surface area contributed by atoms with E-state index in [4.69, 9.17) is 0 Å². The maximum absolute atomic E-state index is 3.90. The Morgan fingerprint density at radius 2 is 0.891 bits per heavy atom. The summed E-state index contributed by atoms with van der Waals surface area (Å²) in [7, 11) is 2.45. The molecule has 1 aromatic heterocycles. The smallest absolute Gasteiger partial charge is 0.197 e. The second kappa shape index (κ2) is 16.1. The molecular weight excluding hydrogens is 792 g/mol. The van der Waals surface area contributed by atoms with E-state index in [-0.39, 0.29) is 0 Å². The molecule has 1 radical (unpaired) electrons. The van der Waals surface area contributed by atoms with E-state index < -0.39 is 0 Å². The van der Waals surface area contributed by atoms with E-state index in [0.717, 1.165) is 28.3 Å². The molecule has 0 aliphatic carbocycles. The zero-order chi connectivity index (χ0) is 42.4. The Hall–Kier alpha value is -7.92. The molecule has 4 heteroatoms. The first kappa shape index (κ1) is 37.8. The monoisotopic (exact) mass is 831 g/mol. The average molecular weight is 832 g/mol. The lowest BCUT2D eigenvalue weighted by atomic mass is 9.57. The molecule has 2 heterocycles. The summed E-state index contributed by atoms with van der Waals surface area (Å²) in [4.78, 5) is 2.52. The van der Waals surface area contributed by atoms with E-state index in [1.165, 1.54) is 86.9 Å². The zero-order valence-corrected chi connectivity index (χ0v) is 35.8. The molecule has 0 bridgehead atoms. The van der Waals surface area contributed by atoms with Crippen LogP contribution in [0.5, 0.6) is 0 Å². The van der Waals surface area contributed by atoms with E-state index in [1.54, 1.807) is 0 Å². The summed E-state index contributed by atoms with van der Waals surface area (Å²) >= 11 is 1.87. The van der Waals surface area contributed by atoms with Gasteiger partial charge in [-0.3, -0.25) is 0 Å². The number of benzene rings is 10. The van der Waals surface area contributed by atoms with Gasteiger partial charge < -0.3 is 10.2 Å². The van der Waals surface area contributed by atoms with Crippen molar-refractivity contribution in [2.24, 2.45) is 0 Å². The molecule has 0 fully saturated rings. The summed E-state index contributed by atoms with van der Waals surface area (Å²) in [5.74, 6) is 0. The van der Waals surface area contributed by atoms with Crippen LogP contribution >= 0.6 is 11.3 Å². The Bertz CT molecular complexity index is 3460. The van der Waals surface area contributed by atoms with E-state index in [2.05, 4.69) is 254 Å². The van der Waals surface area contributed by atoms with Crippen LogP contribution in [0.1, 0.15) is 0 Å². The highest BCUT2D eigenvalue weighted by atomic mass is 32.1. The van der Waals surface area contributed by atoms with Crippen LogP contribution in [0, 0.1) is 0 Å². The minimum Gasteiger partial charge on any atom is -0.355 e. The van der Waals surface area contributed by atoms with Gasteiger partial charge in [0, 0.05) is 48.5 Å². The lowest BCUT2D eigenvalue weighted by molar-refractivity contribution is 1.31. The number of anilines is 5. The van der Waals surface area contributed by atoms with Gasteiger partial charge in [0.05, 0.1) is 5.69 Å². The topological polar surface area (TPSA) is 15.3 Å². The van der Waals surface area contributed by atoms with E-state index in [9.17, 15) is 0 Å². The number of nitrogens with one attached hydrogen (secondary N) is 1. The van der Waals surface area contributed by atoms with Crippen LogP contribution in [0.2, 0.25) is 0 Å². The van der Waals surface area contributed by atoms with Gasteiger partial charge in [0.15, 0.2) is 7.28 Å². The predicted octanol–water partition coefficient (Wildman–Crippen LogP) is 15.6. The number of nitrogens with zero attached hydrogens (tertiary/aromatic N) is 1. The Balaban J connectivity index is 1.10. The molecule has 0 atom stereocenters. The van der Waals surface area contributed by atoms with E-state index in [1.807, 2.05) is 11.3 Å². The van der Waals surface area contributed by atoms with Gasteiger partial charge in [0.25, 0.3) is 0 Å². The molecule has 0 saturated carbocycles. The zero-order valence-electron chi connectivity index (χ0n) is 34.9. The van der Waals surface area contributed by atoms with Crippen molar-refractivity contribution in [3.05, 3.63) is 237 Å². The van der Waals surface area contributed by atoms with Crippen LogP contribution in [0.4, 0.5) is 28.4 Å². The van der Waals surface area contributed by atoms with Crippen molar-refractivity contribution < 1.29 is 0 Å². The fourth-order valence-corrected chi connectivity index (χ4v) is 10.5. The Kier molecular flexibility index (Phi) is 9.50. The molecule has 2 nitrogen and oxygen atoms in total. The van der Waals surface area contributed by atoms with Crippen molar-refractivity contribution in [1.29, 1.82) is 0 Å². The van der Waals surface area contributed by atoms with Crippen LogP contribution in [0.15, 0.2) is 237 Å². The minimum absolute atomic E-state index is 1.03. The fourth-order valence-electron chi connectivity index (χ4n) is 9.36. The molecule has 0 spiro atoms. The first-order chi connectivity index (χ1) is 31.7. The molecule has 12 rings (SSSR count). The highest BCUT2D eigenvalue weighted by Gasteiger charge is 2.32. The van der Waals surface area contributed by atoms with Gasteiger partial charge in [-0.1, -0.05) is 187 Å². The van der Waals surface area contributed by atoms with Gasteiger partial charge in [-0.05, 0) is 110 Å². The van der Waals surface area contributed by atoms with Gasteiger partial charge in [-0.15, -0.1) is 11.3 Å². The van der Waals surface area contributed by atoms with E-state index in [0.29, 0.717) is 0 Å². The van der Waals surface area contributed by atoms with Crippen LogP contribution < -0.4 is 21.1 Å². The third kappa shape index (κ3) is 6.86. The molecule has 1 aliphatic heterocycles. The molecule has 0 amide bonds. The van der Waals surface area contributed by atoms with Gasteiger partial charge >= 0.3 is 0 Å². The van der Waals surface area contributed by atoms with Crippen molar-refractivity contribution in [2.75, 3.05) is 10.2 Å². The number of thiophene rings is 1. The summed E-state index contributed by atoms with van der Waals surface area (Å²) in [6, 6.07) is 85.8. The second-order valence-corrected chi connectivity index (χ2v) is 17.5. The van der Waals surface area contributed by atoms with Crippen LogP contribution in [0.3, 0.4) is 0 Å². The molecule has 1 aliphatic rings. The van der Waals surface area contributed by atoms with E-state index >= 15 is 0 Å². The molecule has 1 N–H and O–H groups in total. The second-order valence-electron chi connectivity index (χ2n) is 16.4. The molecule has 0 unspecified atom stereocenters. The third-order valence-corrected chi connectivity index (χ3v) is 13.6. The third-order valence-electron chi connectivity index (χ3n) is 12.5. The number of hydrogen-bond acceptors (Lipinski definition) is 3. The molecule has 299 valence electrons. The normalized spacial score (nSPS) is 11.8. The fraction of sp³-hybridized carbons (Fsp3) is 0. The first-order valence-electron chi connectivity index (χ1n) is 21.8. The highest BCUT2D eigenvalue weighted by molar-refractivity contribution is 7.26. The number of rotatable bonds is 8. The van der Waals surface area contributed by atoms with Gasteiger partial charge in [-0.2, -0.15) is 0 Å². The van der Waals surface area contributed by atoms with Gasteiger partial charge in [0.2, 0.25) is 0 Å². The predicted molar refractivity (Wildman–Crippen MR) is 276 cm³/mol. The summed E-state index contributed by atoms with van der Waals surface area (Å²) in [5, 5.41) is 6.44. The minimum atomic E-state index is 1.03. The molecule has 0 saturated heterocycles. The van der Waals surface area contributed by atoms with Gasteiger partial charge in [0.1, 0.15) is 0 Å². The molecule has 10 aromatic carbocycles. The Morgan fingerprint density at radius 1 is 0.391 bits per heavy atom. The Morgan fingerprint density at radius 3 is 1.52 bits per heavy atom. The largest absolute Gasteiger partial charge is 0.355 e. The summed E-state index contributed by atoms with van der Waals surface area (Å²) in [6.45, 7) is 0. The maximum Gasteiger partial charge on any atom is 0.197 e. The standard InChI is InChI=1S/C60H40BN2S/c1-5-15-40(16-6-1)44-25-31-48(32-26-44)62-54-35-29-46(42-19-9-3-10-20-42)37-51(54)52-39-57-58(50-23-13-14-24-56(50)64-57)60-59(52)61-53-38-47(43-21-11-4-12-22-43)30-36-55(53)63(60)49-33-27-45(28-34-49)41-17-7-2-8-18-41/h1-39,62H. The SMILES string of the molecule is [B]1c2cc(-c3ccccc3)ccc2N(c2ccc(-c3ccccc3)cc2)c2c1c(-c1cc(-c3ccccc3)ccc1Nc1ccc(-c3ccccc3)cc1)cc1sc3ccccc3c21. The lowest BCUT2D eigenvalue weighted by Crippen LogP contribution is -2.41. The Labute approximate surface area is 378 Å². The molecular formula is C60H40BN2S. The highest BCUT2D eigenvalue weighted by Crippen LogP contribution is 2.48. The van der Waals surface area contributed by atoms with Gasteiger partial charge in [-0.25, -0.2) is 0 Å². The first-order valence-corrected chi connectivity index (χ1v) is 22.6. The van der Waals surface area contributed by atoms with Crippen molar-refractivity contribution in [1.82, 2.24) is 0 Å². The number of fused-ring (bicyclic) bond motifs is 6. The van der Waals surface area contributed by atoms with Crippen molar-refractivity contribution >= 4 is 78.2 Å².